The molecule has 0 spiro atoms. The van der Waals surface area contributed by atoms with Gasteiger partial charge in [0.15, 0.2) is 5.78 Å². The van der Waals surface area contributed by atoms with Crippen LogP contribution in [0.1, 0.15) is 54.9 Å². The fourth-order valence-corrected chi connectivity index (χ4v) is 5.12. The maximum Gasteiger partial charge on any atom is 0.347 e. The van der Waals surface area contributed by atoms with Crippen molar-refractivity contribution in [3.63, 3.8) is 0 Å². The standard InChI is InChI=1S/C28H25ClO4/c1-15-5-7-17(8-6-15)20-12-23(32-24-14-28(3,4)13-22(30)25(20)24)21-11-18-10-19(29)9-16(2)26(18)33-27(21)31/h5-12,20H,13-14H2,1-4H3. The van der Waals surface area contributed by atoms with Gasteiger partial charge in [0.2, 0.25) is 0 Å². The van der Waals surface area contributed by atoms with Crippen molar-refractivity contribution in [2.45, 2.75) is 46.5 Å². The molecule has 3 aromatic rings. The van der Waals surface area contributed by atoms with Gasteiger partial charge in [-0.25, -0.2) is 4.79 Å². The molecule has 168 valence electrons. The molecule has 0 saturated carbocycles. The van der Waals surface area contributed by atoms with Crippen LogP contribution >= 0.6 is 11.6 Å². The topological polar surface area (TPSA) is 56.5 Å². The van der Waals surface area contributed by atoms with Crippen LogP contribution in [0.15, 0.2) is 69.1 Å². The molecule has 0 bridgehead atoms. The number of allylic oxidation sites excluding steroid dienone is 3. The molecule has 1 aliphatic carbocycles. The van der Waals surface area contributed by atoms with Gasteiger partial charge in [-0.1, -0.05) is 55.3 Å². The lowest BCUT2D eigenvalue weighted by molar-refractivity contribution is -0.118. The van der Waals surface area contributed by atoms with E-state index >= 15 is 0 Å². The van der Waals surface area contributed by atoms with Crippen molar-refractivity contribution >= 4 is 34.1 Å². The summed E-state index contributed by atoms with van der Waals surface area (Å²) in [6.45, 7) is 8.01. The molecule has 0 radical (unpaired) electrons. The Kier molecular flexibility index (Phi) is 5.09. The second-order valence-corrected chi connectivity index (χ2v) is 10.3. The predicted molar refractivity (Wildman–Crippen MR) is 130 cm³/mol. The number of ketones is 1. The Morgan fingerprint density at radius 3 is 2.45 bits per heavy atom. The minimum Gasteiger partial charge on any atom is -0.461 e. The first-order valence-corrected chi connectivity index (χ1v) is 11.5. The predicted octanol–water partition coefficient (Wildman–Crippen LogP) is 6.86. The average molecular weight is 461 g/mol. The molecule has 4 nitrogen and oxygen atoms in total. The van der Waals surface area contributed by atoms with E-state index in [1.54, 1.807) is 18.2 Å². The molecule has 5 heteroatoms. The third kappa shape index (κ3) is 3.93. The monoisotopic (exact) mass is 460 g/mol. The molecule has 1 aromatic heterocycles. The molecule has 33 heavy (non-hydrogen) atoms. The Morgan fingerprint density at radius 1 is 1.00 bits per heavy atom. The number of carbonyl (C=O) groups excluding carboxylic acids is 1. The van der Waals surface area contributed by atoms with Crippen molar-refractivity contribution < 1.29 is 13.9 Å². The summed E-state index contributed by atoms with van der Waals surface area (Å²) in [5.74, 6) is 0.860. The van der Waals surface area contributed by atoms with E-state index in [0.29, 0.717) is 46.1 Å². The van der Waals surface area contributed by atoms with Gasteiger partial charge in [-0.3, -0.25) is 4.79 Å². The molecule has 1 unspecified atom stereocenters. The van der Waals surface area contributed by atoms with Gasteiger partial charge in [0.05, 0.1) is 0 Å². The lowest BCUT2D eigenvalue weighted by atomic mass is 9.71. The van der Waals surface area contributed by atoms with E-state index in [1.165, 1.54) is 0 Å². The minimum absolute atomic E-state index is 0.0927. The molecular weight excluding hydrogens is 436 g/mol. The van der Waals surface area contributed by atoms with Crippen molar-refractivity contribution in [2.75, 3.05) is 0 Å². The zero-order valence-corrected chi connectivity index (χ0v) is 19.9. The Labute approximate surface area is 197 Å². The lowest BCUT2D eigenvalue weighted by Gasteiger charge is -2.36. The minimum atomic E-state index is -0.479. The number of Topliss-reactive ketones (excluding diaryl/α,β-unsaturated/α-hetero) is 1. The number of aryl methyl sites for hydroxylation is 2. The van der Waals surface area contributed by atoms with Crippen molar-refractivity contribution in [3.8, 4) is 0 Å². The third-order valence-corrected chi connectivity index (χ3v) is 6.64. The summed E-state index contributed by atoms with van der Waals surface area (Å²) in [5.41, 5.74) is 3.75. The molecule has 2 heterocycles. The summed E-state index contributed by atoms with van der Waals surface area (Å²) in [5, 5.41) is 1.30. The van der Waals surface area contributed by atoms with Crippen LogP contribution in [0.2, 0.25) is 5.02 Å². The Bertz CT molecular complexity index is 1420. The summed E-state index contributed by atoms with van der Waals surface area (Å²) in [7, 11) is 0. The zero-order chi connectivity index (χ0) is 23.5. The third-order valence-electron chi connectivity index (χ3n) is 6.43. The number of hydrogen-bond donors (Lipinski definition) is 0. The maximum atomic E-state index is 13.2. The number of rotatable bonds is 2. The largest absolute Gasteiger partial charge is 0.461 e. The van der Waals surface area contributed by atoms with Gasteiger partial charge in [-0.05, 0) is 54.7 Å². The zero-order valence-electron chi connectivity index (χ0n) is 19.1. The molecule has 1 aliphatic heterocycles. The van der Waals surface area contributed by atoms with E-state index in [1.807, 2.05) is 44.2 Å². The van der Waals surface area contributed by atoms with Crippen molar-refractivity contribution in [3.05, 3.63) is 97.6 Å². The average Bonchev–Trinajstić information content (AvgIpc) is 2.72. The summed E-state index contributed by atoms with van der Waals surface area (Å²) < 4.78 is 11.9. The second-order valence-electron chi connectivity index (χ2n) is 9.89. The number of ether oxygens (including phenoxy) is 1. The first-order chi connectivity index (χ1) is 15.6. The smallest absolute Gasteiger partial charge is 0.347 e. The van der Waals surface area contributed by atoms with Crippen LogP contribution in [0, 0.1) is 19.3 Å². The van der Waals surface area contributed by atoms with Crippen LogP contribution in [0.25, 0.3) is 16.7 Å². The molecule has 5 rings (SSSR count). The Hall–Kier alpha value is -3.11. The number of halogens is 1. The summed E-state index contributed by atoms with van der Waals surface area (Å²) in [4.78, 5) is 26.2. The van der Waals surface area contributed by atoms with Crippen LogP contribution in [0.5, 0.6) is 0 Å². The molecule has 1 atom stereocenters. The van der Waals surface area contributed by atoms with Gasteiger partial charge < -0.3 is 9.15 Å². The number of hydrogen-bond acceptors (Lipinski definition) is 4. The molecule has 0 N–H and O–H groups in total. The maximum absolute atomic E-state index is 13.2. The van der Waals surface area contributed by atoms with Gasteiger partial charge in [0.25, 0.3) is 0 Å². The highest BCUT2D eigenvalue weighted by Gasteiger charge is 2.40. The van der Waals surface area contributed by atoms with Crippen LogP contribution < -0.4 is 5.63 Å². The van der Waals surface area contributed by atoms with E-state index in [9.17, 15) is 9.59 Å². The molecule has 0 fully saturated rings. The van der Waals surface area contributed by atoms with Gasteiger partial charge in [-0.15, -0.1) is 0 Å². The molecule has 2 aromatic carbocycles. The number of carbonyl (C=O) groups is 1. The van der Waals surface area contributed by atoms with Crippen LogP contribution in [-0.4, -0.2) is 5.78 Å². The first-order valence-electron chi connectivity index (χ1n) is 11.1. The number of fused-ring (bicyclic) bond motifs is 1. The second kappa shape index (κ2) is 7.74. The summed E-state index contributed by atoms with van der Waals surface area (Å²) in [6.07, 6.45) is 2.96. The van der Waals surface area contributed by atoms with E-state index in [-0.39, 0.29) is 17.1 Å². The highest BCUT2D eigenvalue weighted by atomic mass is 35.5. The Morgan fingerprint density at radius 2 is 1.73 bits per heavy atom. The molecule has 0 amide bonds. The normalized spacial score (nSPS) is 19.8. The van der Waals surface area contributed by atoms with Crippen molar-refractivity contribution in [1.29, 1.82) is 0 Å². The fraction of sp³-hybridized carbons (Fsp3) is 0.286. The Balaban J connectivity index is 1.69. The van der Waals surface area contributed by atoms with Crippen LogP contribution in [-0.2, 0) is 9.53 Å². The fourth-order valence-electron chi connectivity index (χ4n) is 4.83. The van der Waals surface area contributed by atoms with Crippen LogP contribution in [0.3, 0.4) is 0 Å². The summed E-state index contributed by atoms with van der Waals surface area (Å²) >= 11 is 6.25. The van der Waals surface area contributed by atoms with E-state index in [2.05, 4.69) is 13.8 Å². The highest BCUT2D eigenvalue weighted by Crippen LogP contribution is 2.47. The van der Waals surface area contributed by atoms with Gasteiger partial charge >= 0.3 is 5.63 Å². The first kappa shape index (κ1) is 21.7. The molecule has 0 saturated heterocycles. The number of benzene rings is 2. The van der Waals surface area contributed by atoms with E-state index < -0.39 is 5.63 Å². The van der Waals surface area contributed by atoms with Crippen molar-refractivity contribution in [1.82, 2.24) is 0 Å². The summed E-state index contributed by atoms with van der Waals surface area (Å²) in [6, 6.07) is 13.4. The molecular formula is C28H25ClO4. The van der Waals surface area contributed by atoms with Crippen molar-refractivity contribution in [2.24, 2.45) is 5.41 Å². The quantitative estimate of drug-likeness (QED) is 0.392. The SMILES string of the molecule is Cc1ccc(C2C=C(c3cc4cc(Cl)cc(C)c4oc3=O)OC3=C2C(=O)CC(C)(C)C3)cc1. The van der Waals surface area contributed by atoms with Gasteiger partial charge in [-0.2, -0.15) is 0 Å². The molecule has 2 aliphatic rings. The van der Waals surface area contributed by atoms with E-state index in [0.717, 1.165) is 22.1 Å². The van der Waals surface area contributed by atoms with Gasteiger partial charge in [0.1, 0.15) is 22.7 Å². The van der Waals surface area contributed by atoms with Gasteiger partial charge in [0, 0.05) is 34.7 Å². The van der Waals surface area contributed by atoms with Crippen LogP contribution in [0.4, 0.5) is 0 Å². The lowest BCUT2D eigenvalue weighted by Crippen LogP contribution is -2.31. The van der Waals surface area contributed by atoms with E-state index in [4.69, 9.17) is 20.8 Å². The highest BCUT2D eigenvalue weighted by molar-refractivity contribution is 6.31.